The van der Waals surface area contributed by atoms with Crippen LogP contribution in [0.1, 0.15) is 36.1 Å². The highest BCUT2D eigenvalue weighted by Gasteiger charge is 2.11. The van der Waals surface area contributed by atoms with Gasteiger partial charge in [-0.15, -0.1) is 0 Å². The molecule has 0 radical (unpaired) electrons. The molecule has 1 heteroatoms. The molecular formula is C25H27N. The monoisotopic (exact) mass is 341 g/mol. The summed E-state index contributed by atoms with van der Waals surface area (Å²) < 4.78 is 0. The minimum atomic E-state index is 0.802. The van der Waals surface area contributed by atoms with Gasteiger partial charge in [0, 0.05) is 11.3 Å². The van der Waals surface area contributed by atoms with Crippen molar-refractivity contribution in [3.05, 3.63) is 119 Å². The van der Waals surface area contributed by atoms with Crippen molar-refractivity contribution in [3.8, 4) is 0 Å². The maximum atomic E-state index is 6.52. The quantitative estimate of drug-likeness (QED) is 0.430. The Labute approximate surface area is 157 Å². The Kier molecular flexibility index (Phi) is 7.45. The van der Waals surface area contributed by atoms with E-state index in [0.717, 1.165) is 28.0 Å². The van der Waals surface area contributed by atoms with Crippen molar-refractivity contribution in [2.24, 2.45) is 5.73 Å². The number of benzene rings is 3. The van der Waals surface area contributed by atoms with Gasteiger partial charge in [-0.3, -0.25) is 0 Å². The number of rotatable bonds is 3. The SMILES string of the molecule is C/C=C\C.Cc1ccc(/C(=C(\N)c2ccccc2)c2ccccc2)cc1. The Hall–Kier alpha value is -3.06. The molecular weight excluding hydrogens is 314 g/mol. The van der Waals surface area contributed by atoms with Crippen LogP contribution in [0.2, 0.25) is 0 Å². The van der Waals surface area contributed by atoms with Crippen LogP contribution in [-0.2, 0) is 0 Å². The number of nitrogens with two attached hydrogens (primary N) is 1. The topological polar surface area (TPSA) is 26.0 Å². The zero-order valence-corrected chi connectivity index (χ0v) is 15.8. The van der Waals surface area contributed by atoms with Gasteiger partial charge in [-0.05, 0) is 37.5 Å². The summed E-state index contributed by atoms with van der Waals surface area (Å²) in [7, 11) is 0. The van der Waals surface area contributed by atoms with Gasteiger partial charge in [-0.1, -0.05) is 103 Å². The van der Waals surface area contributed by atoms with E-state index in [-0.39, 0.29) is 0 Å². The number of allylic oxidation sites excluding steroid dienone is 2. The normalized spacial score (nSPS) is 11.5. The Morgan fingerprint density at radius 1 is 0.615 bits per heavy atom. The van der Waals surface area contributed by atoms with Crippen molar-refractivity contribution in [2.45, 2.75) is 20.8 Å². The second kappa shape index (κ2) is 10.0. The molecule has 26 heavy (non-hydrogen) atoms. The lowest BCUT2D eigenvalue weighted by atomic mass is 9.93. The first-order valence-corrected chi connectivity index (χ1v) is 8.92. The van der Waals surface area contributed by atoms with E-state index in [2.05, 4.69) is 43.3 Å². The predicted octanol–water partition coefficient (Wildman–Crippen LogP) is 6.45. The van der Waals surface area contributed by atoms with Gasteiger partial charge < -0.3 is 5.73 Å². The largest absolute Gasteiger partial charge is 0.398 e. The molecule has 0 amide bonds. The average molecular weight is 341 g/mol. The Morgan fingerprint density at radius 3 is 1.50 bits per heavy atom. The molecule has 2 N–H and O–H groups in total. The molecule has 0 aromatic heterocycles. The first-order chi connectivity index (χ1) is 12.7. The summed E-state index contributed by atoms with van der Waals surface area (Å²) in [6.07, 6.45) is 4.00. The fourth-order valence-electron chi connectivity index (χ4n) is 2.56. The fourth-order valence-corrected chi connectivity index (χ4v) is 2.56. The summed E-state index contributed by atoms with van der Waals surface area (Å²) in [5.74, 6) is 0. The van der Waals surface area contributed by atoms with Crippen LogP contribution in [0.25, 0.3) is 11.3 Å². The molecule has 0 saturated carbocycles. The minimum absolute atomic E-state index is 0.802. The summed E-state index contributed by atoms with van der Waals surface area (Å²) in [5.41, 5.74) is 13.0. The lowest BCUT2D eigenvalue weighted by Gasteiger charge is -2.14. The van der Waals surface area contributed by atoms with Crippen LogP contribution in [-0.4, -0.2) is 0 Å². The third kappa shape index (κ3) is 5.22. The van der Waals surface area contributed by atoms with Gasteiger partial charge in [0.25, 0.3) is 0 Å². The molecule has 0 aliphatic heterocycles. The molecule has 0 bridgehead atoms. The molecule has 132 valence electrons. The van der Waals surface area contributed by atoms with E-state index in [1.807, 2.05) is 74.5 Å². The third-order valence-electron chi connectivity index (χ3n) is 4.09. The van der Waals surface area contributed by atoms with Crippen molar-refractivity contribution < 1.29 is 0 Å². The van der Waals surface area contributed by atoms with Crippen molar-refractivity contribution in [2.75, 3.05) is 0 Å². The zero-order chi connectivity index (χ0) is 18.8. The van der Waals surface area contributed by atoms with Gasteiger partial charge in [-0.25, -0.2) is 0 Å². The third-order valence-corrected chi connectivity index (χ3v) is 4.09. The van der Waals surface area contributed by atoms with E-state index in [1.165, 1.54) is 5.56 Å². The summed E-state index contributed by atoms with van der Waals surface area (Å²) in [5, 5.41) is 0. The number of aryl methyl sites for hydroxylation is 1. The van der Waals surface area contributed by atoms with Gasteiger partial charge in [-0.2, -0.15) is 0 Å². The minimum Gasteiger partial charge on any atom is -0.398 e. The van der Waals surface area contributed by atoms with Crippen LogP contribution >= 0.6 is 0 Å². The van der Waals surface area contributed by atoms with Crippen molar-refractivity contribution in [1.82, 2.24) is 0 Å². The van der Waals surface area contributed by atoms with Gasteiger partial charge in [0.05, 0.1) is 0 Å². The molecule has 3 aromatic rings. The molecule has 0 heterocycles. The predicted molar refractivity (Wildman–Crippen MR) is 115 cm³/mol. The molecule has 3 aromatic carbocycles. The van der Waals surface area contributed by atoms with E-state index in [9.17, 15) is 0 Å². The standard InChI is InChI=1S/C21H19N.C4H8/c1-16-12-14-18(15-13-16)20(17-8-4-2-5-9-17)21(22)19-10-6-3-7-11-19;1-3-4-2/h2-15H,22H2,1H3;3-4H,1-2H3/b21-20-;4-3-. The molecule has 1 nitrogen and oxygen atoms in total. The van der Waals surface area contributed by atoms with Gasteiger partial charge in [0.1, 0.15) is 0 Å². The molecule has 0 spiro atoms. The molecule has 0 aliphatic rings. The fraction of sp³-hybridized carbons (Fsp3) is 0.120. The second-order valence-corrected chi connectivity index (χ2v) is 6.05. The van der Waals surface area contributed by atoms with Gasteiger partial charge in [0.2, 0.25) is 0 Å². The molecule has 0 saturated heterocycles. The van der Waals surface area contributed by atoms with E-state index >= 15 is 0 Å². The Balaban J connectivity index is 0.000000552. The summed E-state index contributed by atoms with van der Waals surface area (Å²) >= 11 is 0. The van der Waals surface area contributed by atoms with E-state index in [4.69, 9.17) is 5.73 Å². The molecule has 0 unspecified atom stereocenters. The number of hydrogen-bond donors (Lipinski definition) is 1. The first-order valence-electron chi connectivity index (χ1n) is 8.92. The maximum absolute atomic E-state index is 6.52. The van der Waals surface area contributed by atoms with Crippen LogP contribution < -0.4 is 5.73 Å². The summed E-state index contributed by atoms with van der Waals surface area (Å²) in [6.45, 7) is 6.09. The van der Waals surface area contributed by atoms with Crippen LogP contribution in [0, 0.1) is 6.92 Å². The first kappa shape index (κ1) is 19.3. The Bertz CT molecular complexity index is 838. The lowest BCUT2D eigenvalue weighted by Crippen LogP contribution is -2.02. The van der Waals surface area contributed by atoms with E-state index < -0.39 is 0 Å². The van der Waals surface area contributed by atoms with E-state index in [0.29, 0.717) is 0 Å². The molecule has 0 aliphatic carbocycles. The maximum Gasteiger partial charge on any atom is 0.0473 e. The summed E-state index contributed by atoms with van der Waals surface area (Å²) in [4.78, 5) is 0. The molecule has 3 rings (SSSR count). The van der Waals surface area contributed by atoms with Crippen LogP contribution in [0.3, 0.4) is 0 Å². The second-order valence-electron chi connectivity index (χ2n) is 6.05. The van der Waals surface area contributed by atoms with Crippen LogP contribution in [0.4, 0.5) is 0 Å². The average Bonchev–Trinajstić information content (AvgIpc) is 2.71. The van der Waals surface area contributed by atoms with Crippen LogP contribution in [0.5, 0.6) is 0 Å². The molecule has 0 atom stereocenters. The van der Waals surface area contributed by atoms with Gasteiger partial charge >= 0.3 is 0 Å². The molecule has 0 fully saturated rings. The number of hydrogen-bond acceptors (Lipinski definition) is 1. The van der Waals surface area contributed by atoms with Crippen molar-refractivity contribution in [3.63, 3.8) is 0 Å². The van der Waals surface area contributed by atoms with Crippen molar-refractivity contribution in [1.29, 1.82) is 0 Å². The smallest absolute Gasteiger partial charge is 0.0473 e. The van der Waals surface area contributed by atoms with Gasteiger partial charge in [0.15, 0.2) is 0 Å². The van der Waals surface area contributed by atoms with Crippen LogP contribution in [0.15, 0.2) is 97.1 Å². The zero-order valence-electron chi connectivity index (χ0n) is 15.8. The highest BCUT2D eigenvalue weighted by molar-refractivity contribution is 5.97. The van der Waals surface area contributed by atoms with Crippen molar-refractivity contribution >= 4 is 11.3 Å². The van der Waals surface area contributed by atoms with E-state index in [1.54, 1.807) is 0 Å². The highest BCUT2D eigenvalue weighted by atomic mass is 14.6. The lowest BCUT2D eigenvalue weighted by molar-refractivity contribution is 1.43. The summed E-state index contributed by atoms with van der Waals surface area (Å²) in [6, 6.07) is 29.0. The highest BCUT2D eigenvalue weighted by Crippen LogP contribution is 2.29. The Morgan fingerprint density at radius 2 is 1.04 bits per heavy atom.